The second kappa shape index (κ2) is 4.96. The van der Waals surface area contributed by atoms with Crippen LogP contribution in [-0.4, -0.2) is 16.3 Å². The summed E-state index contributed by atoms with van der Waals surface area (Å²) in [4.78, 5) is 18.5. The Balaban J connectivity index is 2.30. The number of benzene rings is 1. The maximum Gasteiger partial charge on any atom is 0.321 e. The molecular formula is C14H14N2O2. The number of carbonyl (C=O) groups is 1. The molecule has 0 aliphatic carbocycles. The summed E-state index contributed by atoms with van der Waals surface area (Å²) in [6.07, 6.45) is 3.58. The first kappa shape index (κ1) is 12.2. The molecule has 4 heteroatoms. The standard InChI is InChI=1S/C14H14N2O2/c1-9-4-10(2)11(3)13(5-9)18-14-15-6-12(8-17)7-16-14/h4-8H,1-3H3. The van der Waals surface area contributed by atoms with Gasteiger partial charge < -0.3 is 4.74 Å². The van der Waals surface area contributed by atoms with Gasteiger partial charge in [-0.2, -0.15) is 0 Å². The van der Waals surface area contributed by atoms with Crippen molar-refractivity contribution < 1.29 is 9.53 Å². The topological polar surface area (TPSA) is 52.1 Å². The van der Waals surface area contributed by atoms with E-state index in [2.05, 4.69) is 16.0 Å². The number of hydrogen-bond acceptors (Lipinski definition) is 4. The van der Waals surface area contributed by atoms with E-state index in [0.29, 0.717) is 11.8 Å². The van der Waals surface area contributed by atoms with Crippen LogP contribution < -0.4 is 4.74 Å². The molecule has 2 rings (SSSR count). The van der Waals surface area contributed by atoms with Gasteiger partial charge in [0.25, 0.3) is 0 Å². The van der Waals surface area contributed by atoms with Crippen molar-refractivity contribution in [3.8, 4) is 11.8 Å². The Hall–Kier alpha value is -2.23. The van der Waals surface area contributed by atoms with Crippen LogP contribution in [0.25, 0.3) is 0 Å². The second-order valence-electron chi connectivity index (χ2n) is 4.22. The van der Waals surface area contributed by atoms with Gasteiger partial charge in [0, 0.05) is 12.4 Å². The Labute approximate surface area is 106 Å². The van der Waals surface area contributed by atoms with Gasteiger partial charge >= 0.3 is 6.01 Å². The molecule has 0 aliphatic rings. The van der Waals surface area contributed by atoms with Gasteiger partial charge in [-0.15, -0.1) is 0 Å². The van der Waals surface area contributed by atoms with Crippen molar-refractivity contribution in [3.05, 3.63) is 46.8 Å². The lowest BCUT2D eigenvalue weighted by molar-refractivity contribution is 0.112. The molecule has 18 heavy (non-hydrogen) atoms. The van der Waals surface area contributed by atoms with E-state index in [1.165, 1.54) is 12.4 Å². The number of hydrogen-bond donors (Lipinski definition) is 0. The third-order valence-electron chi connectivity index (χ3n) is 2.75. The van der Waals surface area contributed by atoms with E-state index in [0.717, 1.165) is 22.4 Å². The number of nitrogens with zero attached hydrogens (tertiary/aromatic N) is 2. The van der Waals surface area contributed by atoms with Crippen molar-refractivity contribution in [1.82, 2.24) is 9.97 Å². The van der Waals surface area contributed by atoms with Crippen LogP contribution >= 0.6 is 0 Å². The molecule has 0 spiro atoms. The number of aromatic nitrogens is 2. The van der Waals surface area contributed by atoms with Crippen LogP contribution in [0.4, 0.5) is 0 Å². The number of aldehydes is 1. The lowest BCUT2D eigenvalue weighted by Gasteiger charge is -2.10. The largest absolute Gasteiger partial charge is 0.424 e. The molecule has 0 aliphatic heterocycles. The fourth-order valence-corrected chi connectivity index (χ4v) is 1.64. The Morgan fingerprint density at radius 2 is 1.78 bits per heavy atom. The molecule has 0 N–H and O–H groups in total. The van der Waals surface area contributed by atoms with Crippen LogP contribution in [0, 0.1) is 20.8 Å². The van der Waals surface area contributed by atoms with E-state index < -0.39 is 0 Å². The molecule has 0 saturated heterocycles. The fraction of sp³-hybridized carbons (Fsp3) is 0.214. The number of rotatable bonds is 3. The average Bonchev–Trinajstić information content (AvgIpc) is 2.36. The molecule has 1 aromatic carbocycles. The van der Waals surface area contributed by atoms with Gasteiger partial charge in [0.05, 0.1) is 5.56 Å². The fourth-order valence-electron chi connectivity index (χ4n) is 1.64. The summed E-state index contributed by atoms with van der Waals surface area (Å²) in [7, 11) is 0. The lowest BCUT2D eigenvalue weighted by atomic mass is 10.1. The van der Waals surface area contributed by atoms with Gasteiger partial charge in [-0.1, -0.05) is 6.07 Å². The monoisotopic (exact) mass is 242 g/mol. The average molecular weight is 242 g/mol. The Morgan fingerprint density at radius 1 is 1.11 bits per heavy atom. The van der Waals surface area contributed by atoms with Crippen molar-refractivity contribution in [2.45, 2.75) is 20.8 Å². The van der Waals surface area contributed by atoms with Gasteiger partial charge in [-0.25, -0.2) is 9.97 Å². The minimum absolute atomic E-state index is 0.244. The summed E-state index contributed by atoms with van der Waals surface area (Å²) < 4.78 is 5.63. The first-order valence-electron chi connectivity index (χ1n) is 5.63. The summed E-state index contributed by atoms with van der Waals surface area (Å²) in [6.45, 7) is 6.03. The molecule has 92 valence electrons. The zero-order valence-electron chi connectivity index (χ0n) is 10.6. The van der Waals surface area contributed by atoms with E-state index >= 15 is 0 Å². The second-order valence-corrected chi connectivity index (χ2v) is 4.22. The molecule has 1 aromatic heterocycles. The minimum atomic E-state index is 0.244. The van der Waals surface area contributed by atoms with Gasteiger partial charge in [0.15, 0.2) is 6.29 Å². The lowest BCUT2D eigenvalue weighted by Crippen LogP contribution is -1.96. The Kier molecular flexibility index (Phi) is 3.37. The molecule has 0 fully saturated rings. The highest BCUT2D eigenvalue weighted by molar-refractivity contribution is 5.73. The first-order valence-corrected chi connectivity index (χ1v) is 5.63. The Bertz CT molecular complexity index is 577. The van der Waals surface area contributed by atoms with Crippen molar-refractivity contribution >= 4 is 6.29 Å². The number of carbonyl (C=O) groups excluding carboxylic acids is 1. The SMILES string of the molecule is Cc1cc(C)c(C)c(Oc2ncc(C=O)cn2)c1. The van der Waals surface area contributed by atoms with Gasteiger partial charge in [0.1, 0.15) is 5.75 Å². The van der Waals surface area contributed by atoms with Crippen LogP contribution in [0.2, 0.25) is 0 Å². The molecule has 1 heterocycles. The highest BCUT2D eigenvalue weighted by Gasteiger charge is 2.07. The third-order valence-corrected chi connectivity index (χ3v) is 2.75. The van der Waals surface area contributed by atoms with Crippen molar-refractivity contribution in [3.63, 3.8) is 0 Å². The smallest absolute Gasteiger partial charge is 0.321 e. The summed E-state index contributed by atoms with van der Waals surface area (Å²) in [5, 5.41) is 0. The molecule has 0 radical (unpaired) electrons. The molecule has 4 nitrogen and oxygen atoms in total. The quantitative estimate of drug-likeness (QED) is 0.776. The van der Waals surface area contributed by atoms with Crippen LogP contribution in [0.3, 0.4) is 0 Å². The Morgan fingerprint density at radius 3 is 2.39 bits per heavy atom. The van der Waals surface area contributed by atoms with Crippen LogP contribution in [0.1, 0.15) is 27.0 Å². The number of aryl methyl sites for hydroxylation is 2. The molecular weight excluding hydrogens is 228 g/mol. The molecule has 2 aromatic rings. The van der Waals surface area contributed by atoms with E-state index in [1.807, 2.05) is 26.8 Å². The summed E-state index contributed by atoms with van der Waals surface area (Å²) in [6, 6.07) is 4.28. The third kappa shape index (κ3) is 2.53. The molecule has 0 atom stereocenters. The maximum atomic E-state index is 10.5. The van der Waals surface area contributed by atoms with Crippen LogP contribution in [-0.2, 0) is 0 Å². The highest BCUT2D eigenvalue weighted by atomic mass is 16.5. The van der Waals surface area contributed by atoms with E-state index in [-0.39, 0.29) is 6.01 Å². The van der Waals surface area contributed by atoms with E-state index in [4.69, 9.17) is 4.74 Å². The van der Waals surface area contributed by atoms with Crippen molar-refractivity contribution in [2.75, 3.05) is 0 Å². The van der Waals surface area contributed by atoms with Gasteiger partial charge in [-0.05, 0) is 43.5 Å². The summed E-state index contributed by atoms with van der Waals surface area (Å²) >= 11 is 0. The van der Waals surface area contributed by atoms with E-state index in [1.54, 1.807) is 0 Å². The highest BCUT2D eigenvalue weighted by Crippen LogP contribution is 2.26. The summed E-state index contributed by atoms with van der Waals surface area (Å²) in [5.74, 6) is 0.742. The first-order chi connectivity index (χ1) is 8.60. The summed E-state index contributed by atoms with van der Waals surface area (Å²) in [5.41, 5.74) is 3.77. The van der Waals surface area contributed by atoms with E-state index in [9.17, 15) is 4.79 Å². The maximum absolute atomic E-state index is 10.5. The zero-order valence-corrected chi connectivity index (χ0v) is 10.6. The molecule has 0 amide bonds. The molecule has 0 saturated carbocycles. The normalized spacial score (nSPS) is 10.2. The van der Waals surface area contributed by atoms with Crippen molar-refractivity contribution in [1.29, 1.82) is 0 Å². The van der Waals surface area contributed by atoms with Crippen LogP contribution in [0.5, 0.6) is 11.8 Å². The molecule has 0 bridgehead atoms. The zero-order chi connectivity index (χ0) is 13.1. The predicted octanol–water partition coefficient (Wildman–Crippen LogP) is 3.01. The van der Waals surface area contributed by atoms with Crippen LogP contribution in [0.15, 0.2) is 24.5 Å². The minimum Gasteiger partial charge on any atom is -0.424 e. The predicted molar refractivity (Wildman–Crippen MR) is 68.1 cm³/mol. The van der Waals surface area contributed by atoms with Crippen molar-refractivity contribution in [2.24, 2.45) is 0 Å². The van der Waals surface area contributed by atoms with Gasteiger partial charge in [0.2, 0.25) is 0 Å². The van der Waals surface area contributed by atoms with Gasteiger partial charge in [-0.3, -0.25) is 4.79 Å². The molecule has 0 unspecified atom stereocenters. The number of ether oxygens (including phenoxy) is 1.